The van der Waals surface area contributed by atoms with Crippen LogP contribution in [-0.4, -0.2) is 4.98 Å². The summed E-state index contributed by atoms with van der Waals surface area (Å²) in [4.78, 5) is 13.8. The molecule has 0 fully saturated rings. The maximum atomic E-state index is 11.0. The molecular formula is C10H8BrNO. The Hall–Kier alpha value is -1.09. The van der Waals surface area contributed by atoms with Crippen molar-refractivity contribution in [2.24, 2.45) is 0 Å². The molecule has 1 heterocycles. The van der Waals surface area contributed by atoms with Crippen LogP contribution in [-0.2, 0) is 0 Å². The summed E-state index contributed by atoms with van der Waals surface area (Å²) in [6.07, 6.45) is 0. The van der Waals surface area contributed by atoms with Crippen LogP contribution < -0.4 is 5.56 Å². The first-order valence-corrected chi connectivity index (χ1v) is 4.75. The molecule has 0 unspecified atom stereocenters. The molecular weight excluding hydrogens is 230 g/mol. The van der Waals surface area contributed by atoms with Crippen LogP contribution >= 0.6 is 15.9 Å². The molecule has 0 atom stereocenters. The summed E-state index contributed by atoms with van der Waals surface area (Å²) in [5.74, 6) is 0. The van der Waals surface area contributed by atoms with Gasteiger partial charge in [0.05, 0.1) is 5.52 Å². The lowest BCUT2D eigenvalue weighted by atomic mass is 10.1. The molecule has 0 aliphatic carbocycles. The molecule has 0 amide bonds. The molecule has 66 valence electrons. The monoisotopic (exact) mass is 237 g/mol. The Morgan fingerprint density at radius 1 is 1.31 bits per heavy atom. The van der Waals surface area contributed by atoms with E-state index in [9.17, 15) is 4.79 Å². The fraction of sp³-hybridized carbons (Fsp3) is 0.100. The van der Waals surface area contributed by atoms with Gasteiger partial charge in [0, 0.05) is 10.5 Å². The summed E-state index contributed by atoms with van der Waals surface area (Å²) < 4.78 is 0.931. The number of aromatic amines is 1. The fourth-order valence-electron chi connectivity index (χ4n) is 1.36. The number of rotatable bonds is 0. The summed E-state index contributed by atoms with van der Waals surface area (Å²) in [7, 11) is 0. The summed E-state index contributed by atoms with van der Waals surface area (Å²) >= 11 is 3.41. The van der Waals surface area contributed by atoms with Crippen molar-refractivity contribution in [2.45, 2.75) is 6.92 Å². The molecule has 2 aromatic rings. The van der Waals surface area contributed by atoms with E-state index in [1.807, 2.05) is 25.1 Å². The molecule has 0 radical (unpaired) electrons. The van der Waals surface area contributed by atoms with Gasteiger partial charge < -0.3 is 4.98 Å². The average molecular weight is 238 g/mol. The van der Waals surface area contributed by atoms with E-state index in [2.05, 4.69) is 20.9 Å². The molecule has 1 N–H and O–H groups in total. The summed E-state index contributed by atoms with van der Waals surface area (Å²) in [5, 5.41) is 1.05. The highest BCUT2D eigenvalue weighted by molar-refractivity contribution is 9.10. The standard InChI is InChI=1S/C10H8BrNO/c1-6-4-7-2-3-9(13)12-10(7)8(11)5-6/h2-5H,1H3,(H,12,13). The molecule has 1 aromatic heterocycles. The van der Waals surface area contributed by atoms with Crippen molar-refractivity contribution in [3.05, 3.63) is 44.7 Å². The topological polar surface area (TPSA) is 32.9 Å². The summed E-state index contributed by atoms with van der Waals surface area (Å²) in [6.45, 7) is 2.02. The second kappa shape index (κ2) is 3.00. The quantitative estimate of drug-likeness (QED) is 0.751. The zero-order chi connectivity index (χ0) is 9.42. The third-order valence-corrected chi connectivity index (χ3v) is 2.55. The first kappa shape index (κ1) is 8.51. The Morgan fingerprint density at radius 3 is 2.85 bits per heavy atom. The summed E-state index contributed by atoms with van der Waals surface area (Å²) in [6, 6.07) is 7.38. The van der Waals surface area contributed by atoms with E-state index in [1.165, 1.54) is 11.6 Å². The van der Waals surface area contributed by atoms with E-state index in [-0.39, 0.29) is 5.56 Å². The maximum Gasteiger partial charge on any atom is 0.248 e. The number of aryl methyl sites for hydroxylation is 1. The van der Waals surface area contributed by atoms with Crippen LogP contribution in [0.15, 0.2) is 33.5 Å². The van der Waals surface area contributed by atoms with Crippen molar-refractivity contribution in [3.8, 4) is 0 Å². The van der Waals surface area contributed by atoms with E-state index in [0.29, 0.717) is 0 Å². The predicted molar refractivity (Wildman–Crippen MR) is 57.0 cm³/mol. The third kappa shape index (κ3) is 1.52. The second-order valence-corrected chi connectivity index (χ2v) is 3.89. The number of hydrogen-bond donors (Lipinski definition) is 1. The van der Waals surface area contributed by atoms with Gasteiger partial charge >= 0.3 is 0 Å². The maximum absolute atomic E-state index is 11.0. The first-order chi connectivity index (χ1) is 6.16. The molecule has 0 saturated carbocycles. The zero-order valence-electron chi connectivity index (χ0n) is 7.10. The van der Waals surface area contributed by atoms with Gasteiger partial charge in [-0.25, -0.2) is 0 Å². The number of hydrogen-bond acceptors (Lipinski definition) is 1. The van der Waals surface area contributed by atoms with Crippen LogP contribution in [0.25, 0.3) is 10.9 Å². The van der Waals surface area contributed by atoms with Crippen LogP contribution in [0.2, 0.25) is 0 Å². The van der Waals surface area contributed by atoms with E-state index >= 15 is 0 Å². The van der Waals surface area contributed by atoms with Crippen molar-refractivity contribution in [1.82, 2.24) is 4.98 Å². The highest BCUT2D eigenvalue weighted by Crippen LogP contribution is 2.22. The van der Waals surface area contributed by atoms with Gasteiger partial charge in [-0.15, -0.1) is 0 Å². The number of benzene rings is 1. The van der Waals surface area contributed by atoms with Gasteiger partial charge in [-0.2, -0.15) is 0 Å². The normalized spacial score (nSPS) is 10.6. The van der Waals surface area contributed by atoms with Gasteiger partial charge in [0.25, 0.3) is 0 Å². The molecule has 0 bridgehead atoms. The molecule has 2 nitrogen and oxygen atoms in total. The first-order valence-electron chi connectivity index (χ1n) is 3.96. The number of pyridine rings is 1. The lowest BCUT2D eigenvalue weighted by Gasteiger charge is -2.01. The number of aromatic nitrogens is 1. The Kier molecular flexibility index (Phi) is 1.96. The number of halogens is 1. The van der Waals surface area contributed by atoms with Gasteiger partial charge in [0.15, 0.2) is 0 Å². The third-order valence-electron chi connectivity index (χ3n) is 1.93. The minimum Gasteiger partial charge on any atom is -0.321 e. The van der Waals surface area contributed by atoms with Crippen LogP contribution in [0.1, 0.15) is 5.56 Å². The number of nitrogens with one attached hydrogen (secondary N) is 1. The highest BCUT2D eigenvalue weighted by atomic mass is 79.9. The van der Waals surface area contributed by atoms with E-state index in [0.717, 1.165) is 15.4 Å². The molecule has 2 rings (SSSR count). The van der Waals surface area contributed by atoms with Crippen LogP contribution in [0.3, 0.4) is 0 Å². The Balaban J connectivity index is 2.95. The Bertz CT molecular complexity index is 516. The largest absolute Gasteiger partial charge is 0.321 e. The van der Waals surface area contributed by atoms with Gasteiger partial charge in [-0.1, -0.05) is 0 Å². The van der Waals surface area contributed by atoms with Gasteiger partial charge in [-0.3, -0.25) is 4.79 Å². The van der Waals surface area contributed by atoms with Crippen molar-refractivity contribution in [3.63, 3.8) is 0 Å². The van der Waals surface area contributed by atoms with Gasteiger partial charge in [0.2, 0.25) is 5.56 Å². The van der Waals surface area contributed by atoms with Crippen molar-refractivity contribution < 1.29 is 0 Å². The Morgan fingerprint density at radius 2 is 2.08 bits per heavy atom. The SMILES string of the molecule is Cc1cc(Br)c2[nH]c(=O)ccc2c1. The van der Waals surface area contributed by atoms with Crippen LogP contribution in [0, 0.1) is 6.92 Å². The van der Waals surface area contributed by atoms with E-state index in [1.54, 1.807) is 0 Å². The van der Waals surface area contributed by atoms with Crippen LogP contribution in [0.5, 0.6) is 0 Å². The van der Waals surface area contributed by atoms with E-state index < -0.39 is 0 Å². The van der Waals surface area contributed by atoms with Crippen molar-refractivity contribution >= 4 is 26.8 Å². The molecule has 0 aliphatic heterocycles. The van der Waals surface area contributed by atoms with E-state index in [4.69, 9.17) is 0 Å². The lowest BCUT2D eigenvalue weighted by molar-refractivity contribution is 1.29. The minimum absolute atomic E-state index is 0.0722. The lowest BCUT2D eigenvalue weighted by Crippen LogP contribution is -2.02. The number of H-pyrrole nitrogens is 1. The second-order valence-electron chi connectivity index (χ2n) is 3.03. The van der Waals surface area contributed by atoms with Crippen LogP contribution in [0.4, 0.5) is 0 Å². The molecule has 0 saturated heterocycles. The highest BCUT2D eigenvalue weighted by Gasteiger charge is 1.99. The summed E-state index contributed by atoms with van der Waals surface area (Å²) in [5.41, 5.74) is 1.96. The smallest absolute Gasteiger partial charge is 0.248 e. The molecule has 0 aliphatic rings. The fourth-order valence-corrected chi connectivity index (χ4v) is 2.05. The average Bonchev–Trinajstić information content (AvgIpc) is 2.06. The van der Waals surface area contributed by atoms with Gasteiger partial charge in [-0.05, 0) is 52.0 Å². The number of fused-ring (bicyclic) bond motifs is 1. The molecule has 1 aromatic carbocycles. The predicted octanol–water partition coefficient (Wildman–Crippen LogP) is 2.60. The Labute approximate surface area is 83.7 Å². The molecule has 3 heteroatoms. The van der Waals surface area contributed by atoms with Crippen molar-refractivity contribution in [1.29, 1.82) is 0 Å². The zero-order valence-corrected chi connectivity index (χ0v) is 8.68. The molecule has 13 heavy (non-hydrogen) atoms. The minimum atomic E-state index is -0.0722. The van der Waals surface area contributed by atoms with Gasteiger partial charge in [0.1, 0.15) is 0 Å². The van der Waals surface area contributed by atoms with Crippen molar-refractivity contribution in [2.75, 3.05) is 0 Å². The molecule has 0 spiro atoms.